The summed E-state index contributed by atoms with van der Waals surface area (Å²) < 4.78 is 10.5. The Hall–Kier alpha value is -0.190. The lowest BCUT2D eigenvalue weighted by Gasteiger charge is -2.23. The van der Waals surface area contributed by atoms with Gasteiger partial charge in [0.15, 0.2) is 0 Å². The summed E-state index contributed by atoms with van der Waals surface area (Å²) in [6.07, 6.45) is 0.971. The molecule has 0 heterocycles. The quantitative estimate of drug-likeness (QED) is 0.662. The van der Waals surface area contributed by atoms with Crippen molar-refractivity contribution in [1.29, 1.82) is 0 Å². The lowest BCUT2D eigenvalue weighted by atomic mass is 9.90. The molecule has 14 heavy (non-hydrogen) atoms. The average molecular weight is 219 g/mol. The molecule has 0 aromatic carbocycles. The van der Waals surface area contributed by atoms with E-state index in [1.54, 1.807) is 7.11 Å². The van der Waals surface area contributed by atoms with Crippen LogP contribution in [0.15, 0.2) is 0 Å². The van der Waals surface area contributed by atoms with E-state index < -0.39 is 0 Å². The van der Waals surface area contributed by atoms with Crippen molar-refractivity contribution in [3.05, 3.63) is 0 Å². The lowest BCUT2D eigenvalue weighted by molar-refractivity contribution is 0.00277. The second kappa shape index (κ2) is 6.32. The number of rotatable bonds is 7. The van der Waals surface area contributed by atoms with Crippen LogP contribution in [0.1, 0.15) is 27.2 Å². The van der Waals surface area contributed by atoms with E-state index in [2.05, 4.69) is 0 Å². The largest absolute Gasteiger partial charge is 0.393 e. The van der Waals surface area contributed by atoms with E-state index in [0.29, 0.717) is 18.2 Å². The van der Waals surface area contributed by atoms with Crippen LogP contribution in [0.25, 0.3) is 0 Å². The molecule has 0 bridgehead atoms. The normalized spacial score (nSPS) is 14.0. The van der Waals surface area contributed by atoms with Gasteiger partial charge in [-0.15, -0.1) is 0 Å². The topological polar surface area (TPSA) is 44.5 Å². The van der Waals surface area contributed by atoms with Gasteiger partial charge in [-0.3, -0.25) is 0 Å². The zero-order valence-corrected chi connectivity index (χ0v) is 10.3. The summed E-state index contributed by atoms with van der Waals surface area (Å²) >= 11 is 4.96. The first kappa shape index (κ1) is 13.8. The Labute approximate surface area is 91.9 Å². The molecule has 0 fully saturated rings. The predicted molar refractivity (Wildman–Crippen MR) is 62.5 cm³/mol. The van der Waals surface area contributed by atoms with Gasteiger partial charge < -0.3 is 15.2 Å². The molecular weight excluding hydrogens is 198 g/mol. The van der Waals surface area contributed by atoms with E-state index >= 15 is 0 Å². The van der Waals surface area contributed by atoms with E-state index in [-0.39, 0.29) is 11.5 Å². The monoisotopic (exact) mass is 219 g/mol. The van der Waals surface area contributed by atoms with Gasteiger partial charge in [0, 0.05) is 19.1 Å². The number of hydrogen-bond donors (Lipinski definition) is 1. The van der Waals surface area contributed by atoms with Crippen molar-refractivity contribution in [3.8, 4) is 0 Å². The molecule has 0 saturated heterocycles. The zero-order valence-electron chi connectivity index (χ0n) is 9.50. The number of thiocarbonyl (C=S) groups is 1. The molecule has 1 unspecified atom stereocenters. The predicted octanol–water partition coefficient (Wildman–Crippen LogP) is 1.74. The summed E-state index contributed by atoms with van der Waals surface area (Å²) in [5.74, 6) is 0. The minimum Gasteiger partial charge on any atom is -0.393 e. The fourth-order valence-corrected chi connectivity index (χ4v) is 1.02. The molecule has 0 aromatic heterocycles. The first-order chi connectivity index (χ1) is 6.40. The number of nitrogens with two attached hydrogens (primary N) is 1. The standard InChI is InChI=1S/C10H21NO2S/c1-8(7-12-4)13-6-5-10(2,3)9(11)14/h8H,5-7H2,1-4H3,(H2,11,14). The maximum absolute atomic E-state index is 5.60. The fourth-order valence-electron chi connectivity index (χ4n) is 0.921. The first-order valence-electron chi connectivity index (χ1n) is 4.80. The third kappa shape index (κ3) is 5.52. The molecule has 4 heteroatoms. The van der Waals surface area contributed by atoms with Crippen LogP contribution in [0.3, 0.4) is 0 Å². The first-order valence-corrected chi connectivity index (χ1v) is 5.21. The van der Waals surface area contributed by atoms with E-state index in [1.807, 2.05) is 20.8 Å². The van der Waals surface area contributed by atoms with Crippen LogP contribution in [0, 0.1) is 5.41 Å². The van der Waals surface area contributed by atoms with Gasteiger partial charge in [0.25, 0.3) is 0 Å². The van der Waals surface area contributed by atoms with E-state index in [1.165, 1.54) is 0 Å². The summed E-state index contributed by atoms with van der Waals surface area (Å²) in [6.45, 7) is 7.32. The van der Waals surface area contributed by atoms with E-state index in [4.69, 9.17) is 27.4 Å². The van der Waals surface area contributed by atoms with Crippen molar-refractivity contribution in [2.24, 2.45) is 11.1 Å². The molecule has 2 N–H and O–H groups in total. The van der Waals surface area contributed by atoms with Crippen LogP contribution in [-0.2, 0) is 9.47 Å². The summed E-state index contributed by atoms with van der Waals surface area (Å²) in [4.78, 5) is 0.542. The van der Waals surface area contributed by atoms with Crippen LogP contribution in [0.5, 0.6) is 0 Å². The van der Waals surface area contributed by atoms with Crippen LogP contribution < -0.4 is 5.73 Å². The summed E-state index contributed by atoms with van der Waals surface area (Å²) in [7, 11) is 1.67. The average Bonchev–Trinajstić information content (AvgIpc) is 2.04. The van der Waals surface area contributed by atoms with Gasteiger partial charge in [-0.05, 0) is 13.3 Å². The van der Waals surface area contributed by atoms with Gasteiger partial charge in [-0.1, -0.05) is 26.1 Å². The molecular formula is C10H21NO2S. The molecule has 84 valence electrons. The van der Waals surface area contributed by atoms with Gasteiger partial charge in [0.2, 0.25) is 0 Å². The molecule has 1 atom stereocenters. The lowest BCUT2D eigenvalue weighted by Crippen LogP contribution is -2.31. The fraction of sp³-hybridized carbons (Fsp3) is 0.900. The molecule has 0 saturated carbocycles. The number of ether oxygens (including phenoxy) is 2. The highest BCUT2D eigenvalue weighted by Gasteiger charge is 2.21. The van der Waals surface area contributed by atoms with Crippen molar-refractivity contribution in [2.45, 2.75) is 33.3 Å². The van der Waals surface area contributed by atoms with Crippen molar-refractivity contribution in [2.75, 3.05) is 20.3 Å². The van der Waals surface area contributed by atoms with Crippen molar-refractivity contribution in [1.82, 2.24) is 0 Å². The molecule has 0 rings (SSSR count). The highest BCUT2D eigenvalue weighted by atomic mass is 32.1. The number of hydrogen-bond acceptors (Lipinski definition) is 3. The van der Waals surface area contributed by atoms with Crippen molar-refractivity contribution in [3.63, 3.8) is 0 Å². The second-order valence-electron chi connectivity index (χ2n) is 4.13. The maximum atomic E-state index is 5.60. The van der Waals surface area contributed by atoms with Gasteiger partial charge in [0.1, 0.15) is 0 Å². The molecule has 0 aliphatic heterocycles. The number of methoxy groups -OCH3 is 1. The highest BCUT2D eigenvalue weighted by Crippen LogP contribution is 2.20. The molecule has 0 spiro atoms. The summed E-state index contributed by atoms with van der Waals surface area (Å²) in [5, 5.41) is 0. The second-order valence-corrected chi connectivity index (χ2v) is 4.57. The minimum atomic E-state index is -0.123. The minimum absolute atomic E-state index is 0.123. The summed E-state index contributed by atoms with van der Waals surface area (Å²) in [6, 6.07) is 0. The van der Waals surface area contributed by atoms with E-state index in [0.717, 1.165) is 6.42 Å². The SMILES string of the molecule is COCC(C)OCCC(C)(C)C(N)=S. The Balaban J connectivity index is 3.68. The Morgan fingerprint density at radius 2 is 2.07 bits per heavy atom. The molecule has 0 aliphatic rings. The highest BCUT2D eigenvalue weighted by molar-refractivity contribution is 7.80. The molecule has 3 nitrogen and oxygen atoms in total. The van der Waals surface area contributed by atoms with E-state index in [9.17, 15) is 0 Å². The molecule has 0 aromatic rings. The Morgan fingerprint density at radius 3 is 2.50 bits per heavy atom. The Bertz CT molecular complexity index is 183. The van der Waals surface area contributed by atoms with Crippen molar-refractivity contribution < 1.29 is 9.47 Å². The van der Waals surface area contributed by atoms with Crippen LogP contribution in [0.2, 0.25) is 0 Å². The maximum Gasteiger partial charge on any atom is 0.0785 e. The zero-order chi connectivity index (χ0) is 11.2. The van der Waals surface area contributed by atoms with Gasteiger partial charge >= 0.3 is 0 Å². The third-order valence-electron chi connectivity index (χ3n) is 2.20. The Morgan fingerprint density at radius 1 is 1.50 bits per heavy atom. The van der Waals surface area contributed by atoms with Crippen LogP contribution in [0.4, 0.5) is 0 Å². The molecule has 0 radical (unpaired) electrons. The van der Waals surface area contributed by atoms with Gasteiger partial charge in [-0.25, -0.2) is 0 Å². The summed E-state index contributed by atoms with van der Waals surface area (Å²) in [5.41, 5.74) is 5.47. The molecule has 0 aliphatic carbocycles. The molecule has 0 amide bonds. The smallest absolute Gasteiger partial charge is 0.0785 e. The van der Waals surface area contributed by atoms with Crippen molar-refractivity contribution >= 4 is 17.2 Å². The van der Waals surface area contributed by atoms with Crippen LogP contribution >= 0.6 is 12.2 Å². The third-order valence-corrected chi connectivity index (χ3v) is 2.75. The Kier molecular flexibility index (Phi) is 6.24. The van der Waals surface area contributed by atoms with Gasteiger partial charge in [0.05, 0.1) is 17.7 Å². The van der Waals surface area contributed by atoms with Gasteiger partial charge in [-0.2, -0.15) is 0 Å². The van der Waals surface area contributed by atoms with Crippen LogP contribution in [-0.4, -0.2) is 31.4 Å².